The molecule has 0 aromatic heterocycles. The number of hydrogen-bond acceptors (Lipinski definition) is 5. The Labute approximate surface area is 83.6 Å². The molecule has 4 atom stereocenters. The van der Waals surface area contributed by atoms with Gasteiger partial charge in [0.15, 0.2) is 6.29 Å². The zero-order chi connectivity index (χ0) is 10.6. The van der Waals surface area contributed by atoms with Gasteiger partial charge in [-0.15, -0.1) is 0 Å². The second-order valence-corrected chi connectivity index (χ2v) is 3.58. The second-order valence-electron chi connectivity index (χ2n) is 3.58. The largest absolute Gasteiger partial charge is 0.391 e. The fourth-order valence-corrected chi connectivity index (χ4v) is 0.927. The molecular formula is C9H18O5. The summed E-state index contributed by atoms with van der Waals surface area (Å²) in [7, 11) is 0. The standard InChI is InChI=1S/C9H18O5/c1-6(10)3-13-9(7(2)11)14-5-8-4-12-8/h6-11H,3-5H2,1-2H3. The minimum absolute atomic E-state index is 0.145. The predicted octanol–water partition coefficient (Wildman–Crippen LogP) is -0.494. The Morgan fingerprint density at radius 1 is 1.36 bits per heavy atom. The Morgan fingerprint density at radius 2 is 2.00 bits per heavy atom. The van der Waals surface area contributed by atoms with Crippen LogP contribution in [0.2, 0.25) is 0 Å². The molecule has 0 aliphatic carbocycles. The lowest BCUT2D eigenvalue weighted by molar-refractivity contribution is -0.200. The predicted molar refractivity (Wildman–Crippen MR) is 48.8 cm³/mol. The normalized spacial score (nSPS) is 27.0. The van der Waals surface area contributed by atoms with Gasteiger partial charge in [-0.2, -0.15) is 0 Å². The molecule has 1 heterocycles. The zero-order valence-electron chi connectivity index (χ0n) is 8.55. The summed E-state index contributed by atoms with van der Waals surface area (Å²) in [6, 6.07) is 0. The van der Waals surface area contributed by atoms with Crippen LogP contribution in [0.3, 0.4) is 0 Å². The molecule has 5 nitrogen and oxygen atoms in total. The van der Waals surface area contributed by atoms with E-state index in [1.807, 2.05) is 0 Å². The summed E-state index contributed by atoms with van der Waals surface area (Å²) in [6.07, 6.45) is -1.82. The summed E-state index contributed by atoms with van der Waals surface area (Å²) in [5.74, 6) is 0. The molecule has 0 amide bonds. The van der Waals surface area contributed by atoms with Crippen LogP contribution in [0, 0.1) is 0 Å². The fraction of sp³-hybridized carbons (Fsp3) is 1.00. The molecule has 0 saturated carbocycles. The molecule has 5 heteroatoms. The summed E-state index contributed by atoms with van der Waals surface area (Å²) in [5.41, 5.74) is 0. The van der Waals surface area contributed by atoms with E-state index < -0.39 is 18.5 Å². The fourth-order valence-electron chi connectivity index (χ4n) is 0.927. The van der Waals surface area contributed by atoms with E-state index in [-0.39, 0.29) is 12.7 Å². The van der Waals surface area contributed by atoms with Crippen LogP contribution < -0.4 is 0 Å². The van der Waals surface area contributed by atoms with Gasteiger partial charge in [0.05, 0.1) is 25.9 Å². The van der Waals surface area contributed by atoms with Crippen molar-refractivity contribution in [3.63, 3.8) is 0 Å². The van der Waals surface area contributed by atoms with E-state index in [2.05, 4.69) is 0 Å². The van der Waals surface area contributed by atoms with E-state index in [4.69, 9.17) is 19.3 Å². The van der Waals surface area contributed by atoms with Crippen molar-refractivity contribution < 1.29 is 24.4 Å². The highest BCUT2D eigenvalue weighted by molar-refractivity contribution is 4.68. The molecule has 1 saturated heterocycles. The van der Waals surface area contributed by atoms with E-state index in [0.29, 0.717) is 13.2 Å². The Bertz CT molecular complexity index is 149. The molecule has 0 radical (unpaired) electrons. The van der Waals surface area contributed by atoms with Crippen LogP contribution in [0.25, 0.3) is 0 Å². The van der Waals surface area contributed by atoms with E-state index in [9.17, 15) is 5.11 Å². The zero-order valence-corrected chi connectivity index (χ0v) is 8.55. The molecule has 2 N–H and O–H groups in total. The maximum atomic E-state index is 9.29. The van der Waals surface area contributed by atoms with Crippen LogP contribution in [0.4, 0.5) is 0 Å². The first kappa shape index (κ1) is 11.9. The van der Waals surface area contributed by atoms with Crippen LogP contribution in [0.1, 0.15) is 13.8 Å². The van der Waals surface area contributed by atoms with Gasteiger partial charge >= 0.3 is 0 Å². The van der Waals surface area contributed by atoms with Crippen molar-refractivity contribution in [3.8, 4) is 0 Å². The lowest BCUT2D eigenvalue weighted by atomic mass is 10.4. The monoisotopic (exact) mass is 206 g/mol. The Morgan fingerprint density at radius 3 is 2.43 bits per heavy atom. The molecular weight excluding hydrogens is 188 g/mol. The summed E-state index contributed by atoms with van der Waals surface area (Å²) in [4.78, 5) is 0. The molecule has 1 rings (SSSR count). The van der Waals surface area contributed by atoms with Crippen molar-refractivity contribution in [1.82, 2.24) is 0 Å². The van der Waals surface area contributed by atoms with E-state index in [0.717, 1.165) is 0 Å². The molecule has 84 valence electrons. The van der Waals surface area contributed by atoms with Crippen LogP contribution in [0.5, 0.6) is 0 Å². The maximum Gasteiger partial charge on any atom is 0.183 e. The molecule has 0 bridgehead atoms. The van der Waals surface area contributed by atoms with Gasteiger partial charge in [0.25, 0.3) is 0 Å². The topological polar surface area (TPSA) is 71.5 Å². The van der Waals surface area contributed by atoms with Gasteiger partial charge in [-0.05, 0) is 13.8 Å². The molecule has 1 aliphatic heterocycles. The van der Waals surface area contributed by atoms with Gasteiger partial charge < -0.3 is 24.4 Å². The van der Waals surface area contributed by atoms with E-state index in [1.165, 1.54) is 0 Å². The number of ether oxygens (including phenoxy) is 3. The van der Waals surface area contributed by atoms with Gasteiger partial charge in [-0.25, -0.2) is 0 Å². The molecule has 1 aliphatic rings. The SMILES string of the molecule is CC(O)COC(OCC1CO1)C(C)O. The second kappa shape index (κ2) is 5.63. The Balaban J connectivity index is 2.15. The third-order valence-corrected chi connectivity index (χ3v) is 1.74. The minimum atomic E-state index is -0.715. The number of aliphatic hydroxyl groups is 2. The van der Waals surface area contributed by atoms with Crippen LogP contribution in [-0.4, -0.2) is 54.6 Å². The highest BCUT2D eigenvalue weighted by atomic mass is 16.7. The quantitative estimate of drug-likeness (QED) is 0.434. The summed E-state index contributed by atoms with van der Waals surface area (Å²) < 4.78 is 15.4. The van der Waals surface area contributed by atoms with Gasteiger partial charge in [-0.1, -0.05) is 0 Å². The number of hydrogen-bond donors (Lipinski definition) is 2. The smallest absolute Gasteiger partial charge is 0.183 e. The summed E-state index contributed by atoms with van der Waals surface area (Å²) >= 11 is 0. The van der Waals surface area contributed by atoms with Crippen molar-refractivity contribution in [1.29, 1.82) is 0 Å². The van der Waals surface area contributed by atoms with Gasteiger partial charge in [-0.3, -0.25) is 0 Å². The molecule has 0 aromatic rings. The van der Waals surface area contributed by atoms with Gasteiger partial charge in [0.2, 0.25) is 0 Å². The molecule has 0 spiro atoms. The number of aliphatic hydroxyl groups excluding tert-OH is 2. The average molecular weight is 206 g/mol. The van der Waals surface area contributed by atoms with Crippen LogP contribution in [-0.2, 0) is 14.2 Å². The van der Waals surface area contributed by atoms with Crippen molar-refractivity contribution in [2.75, 3.05) is 19.8 Å². The average Bonchev–Trinajstić information content (AvgIpc) is 2.86. The van der Waals surface area contributed by atoms with E-state index in [1.54, 1.807) is 13.8 Å². The van der Waals surface area contributed by atoms with Crippen molar-refractivity contribution in [2.45, 2.75) is 38.4 Å². The van der Waals surface area contributed by atoms with Gasteiger partial charge in [0, 0.05) is 0 Å². The first-order valence-corrected chi connectivity index (χ1v) is 4.80. The van der Waals surface area contributed by atoms with Gasteiger partial charge in [0.1, 0.15) is 12.2 Å². The third-order valence-electron chi connectivity index (χ3n) is 1.74. The van der Waals surface area contributed by atoms with Crippen LogP contribution >= 0.6 is 0 Å². The lowest BCUT2D eigenvalue weighted by Crippen LogP contribution is -2.33. The number of epoxide rings is 1. The summed E-state index contributed by atoms with van der Waals surface area (Å²) in [6.45, 7) is 4.49. The Hall–Kier alpha value is -0.200. The maximum absolute atomic E-state index is 9.29. The molecule has 1 fully saturated rings. The highest BCUT2D eigenvalue weighted by Crippen LogP contribution is 2.12. The molecule has 0 aromatic carbocycles. The van der Waals surface area contributed by atoms with Crippen molar-refractivity contribution >= 4 is 0 Å². The first-order valence-electron chi connectivity index (χ1n) is 4.80. The molecule has 14 heavy (non-hydrogen) atoms. The number of rotatable bonds is 7. The highest BCUT2D eigenvalue weighted by Gasteiger charge is 2.26. The first-order chi connectivity index (χ1) is 6.59. The van der Waals surface area contributed by atoms with Crippen molar-refractivity contribution in [3.05, 3.63) is 0 Å². The minimum Gasteiger partial charge on any atom is -0.391 e. The third kappa shape index (κ3) is 4.88. The molecule has 4 unspecified atom stereocenters. The van der Waals surface area contributed by atoms with E-state index >= 15 is 0 Å². The lowest BCUT2D eigenvalue weighted by Gasteiger charge is -2.21. The Kier molecular flexibility index (Phi) is 4.77. The van der Waals surface area contributed by atoms with Crippen LogP contribution in [0.15, 0.2) is 0 Å². The van der Waals surface area contributed by atoms with Crippen molar-refractivity contribution in [2.24, 2.45) is 0 Å². The summed E-state index contributed by atoms with van der Waals surface area (Å²) in [5, 5.41) is 18.3.